The smallest absolute Gasteiger partial charge is 0.319 e. The number of hydrogen-bond donors (Lipinski definition) is 2. The van der Waals surface area contributed by atoms with Crippen LogP contribution in [0, 0.1) is 6.92 Å². The van der Waals surface area contributed by atoms with E-state index in [0.29, 0.717) is 16.8 Å². The number of carbonyl (C=O) groups excluding carboxylic acids is 1. The van der Waals surface area contributed by atoms with Crippen molar-refractivity contribution in [3.05, 3.63) is 27.2 Å². The molecular formula is C12H14BrClN2O. The van der Waals surface area contributed by atoms with E-state index < -0.39 is 0 Å². The van der Waals surface area contributed by atoms with Gasteiger partial charge < -0.3 is 10.6 Å². The summed E-state index contributed by atoms with van der Waals surface area (Å²) in [6.45, 7) is 1.92. The Hall–Kier alpha value is -0.740. The maximum atomic E-state index is 11.7. The number of amides is 2. The minimum absolute atomic E-state index is 0.171. The quantitative estimate of drug-likeness (QED) is 0.847. The molecule has 3 nitrogen and oxygen atoms in total. The van der Waals surface area contributed by atoms with E-state index in [4.69, 9.17) is 11.6 Å². The highest BCUT2D eigenvalue weighted by Gasteiger charge is 2.19. The normalized spacial score (nSPS) is 15.2. The van der Waals surface area contributed by atoms with E-state index in [1.165, 1.54) is 6.42 Å². The Labute approximate surface area is 114 Å². The first-order valence-electron chi connectivity index (χ1n) is 5.59. The van der Waals surface area contributed by atoms with E-state index >= 15 is 0 Å². The van der Waals surface area contributed by atoms with Gasteiger partial charge in [-0.3, -0.25) is 0 Å². The van der Waals surface area contributed by atoms with Gasteiger partial charge in [-0.2, -0.15) is 0 Å². The lowest BCUT2D eigenvalue weighted by molar-refractivity contribution is 0.240. The summed E-state index contributed by atoms with van der Waals surface area (Å²) in [5.74, 6) is 0. The van der Waals surface area contributed by atoms with Crippen molar-refractivity contribution in [3.63, 3.8) is 0 Å². The van der Waals surface area contributed by atoms with Crippen LogP contribution in [-0.2, 0) is 0 Å². The summed E-state index contributed by atoms with van der Waals surface area (Å²) in [7, 11) is 0. The van der Waals surface area contributed by atoms with Crippen molar-refractivity contribution in [3.8, 4) is 0 Å². The van der Waals surface area contributed by atoms with Gasteiger partial charge in [0.25, 0.3) is 0 Å². The number of nitrogens with one attached hydrogen (secondary N) is 2. The maximum absolute atomic E-state index is 11.7. The first-order chi connectivity index (χ1) is 8.06. The Morgan fingerprint density at radius 3 is 2.76 bits per heavy atom. The Morgan fingerprint density at radius 1 is 1.47 bits per heavy atom. The molecule has 1 saturated carbocycles. The predicted molar refractivity (Wildman–Crippen MR) is 73.7 cm³/mol. The van der Waals surface area contributed by atoms with E-state index in [1.54, 1.807) is 6.07 Å². The number of hydrogen-bond acceptors (Lipinski definition) is 1. The number of aryl methyl sites for hydroxylation is 1. The number of halogens is 2. The summed E-state index contributed by atoms with van der Waals surface area (Å²) in [6.07, 6.45) is 3.34. The van der Waals surface area contributed by atoms with Crippen LogP contribution in [0.25, 0.3) is 0 Å². The van der Waals surface area contributed by atoms with Gasteiger partial charge in [-0.15, -0.1) is 0 Å². The van der Waals surface area contributed by atoms with Gasteiger partial charge in [0.05, 0.1) is 5.69 Å². The second-order valence-electron chi connectivity index (χ2n) is 4.31. The van der Waals surface area contributed by atoms with Crippen LogP contribution in [0.5, 0.6) is 0 Å². The molecule has 2 N–H and O–H groups in total. The van der Waals surface area contributed by atoms with E-state index in [2.05, 4.69) is 26.6 Å². The molecule has 1 aliphatic rings. The molecule has 0 aromatic heterocycles. The minimum atomic E-state index is -0.171. The molecule has 0 aliphatic heterocycles. The zero-order valence-electron chi connectivity index (χ0n) is 9.52. The van der Waals surface area contributed by atoms with E-state index in [0.717, 1.165) is 22.9 Å². The summed E-state index contributed by atoms with van der Waals surface area (Å²) < 4.78 is 0.836. The zero-order chi connectivity index (χ0) is 12.4. The van der Waals surface area contributed by atoms with Gasteiger partial charge in [0.1, 0.15) is 0 Å². The molecule has 1 aromatic rings. The van der Waals surface area contributed by atoms with Crippen LogP contribution in [0.3, 0.4) is 0 Å². The third-order valence-electron chi connectivity index (χ3n) is 2.94. The van der Waals surface area contributed by atoms with Crippen molar-refractivity contribution in [1.82, 2.24) is 5.32 Å². The molecule has 0 heterocycles. The molecule has 17 heavy (non-hydrogen) atoms. The van der Waals surface area contributed by atoms with Crippen LogP contribution in [0.1, 0.15) is 24.8 Å². The van der Waals surface area contributed by atoms with Crippen LogP contribution in [0.2, 0.25) is 5.02 Å². The van der Waals surface area contributed by atoms with E-state index in [1.807, 2.05) is 13.0 Å². The third-order valence-corrected chi connectivity index (χ3v) is 4.00. The second-order valence-corrected chi connectivity index (χ2v) is 5.57. The topological polar surface area (TPSA) is 41.1 Å². The molecule has 0 bridgehead atoms. The van der Waals surface area contributed by atoms with Gasteiger partial charge in [-0.05, 0) is 59.8 Å². The number of urea groups is 1. The molecule has 1 aromatic carbocycles. The number of anilines is 1. The number of benzene rings is 1. The molecule has 0 unspecified atom stereocenters. The molecule has 2 rings (SSSR count). The Balaban J connectivity index is 2.02. The summed E-state index contributed by atoms with van der Waals surface area (Å²) >= 11 is 9.43. The lowest BCUT2D eigenvalue weighted by atomic mass is 9.93. The minimum Gasteiger partial charge on any atom is -0.335 e. The summed E-state index contributed by atoms with van der Waals surface area (Å²) in [5, 5.41) is 6.35. The summed E-state index contributed by atoms with van der Waals surface area (Å²) in [5.41, 5.74) is 1.67. The lowest BCUT2D eigenvalue weighted by Crippen LogP contribution is -2.41. The molecule has 1 aliphatic carbocycles. The maximum Gasteiger partial charge on any atom is 0.319 e. The van der Waals surface area contributed by atoms with Gasteiger partial charge in [0.2, 0.25) is 0 Å². The predicted octanol–water partition coefficient (Wildman–Crippen LogP) is 4.08. The second kappa shape index (κ2) is 5.27. The average Bonchev–Trinajstić information content (AvgIpc) is 2.20. The Bertz CT molecular complexity index is 446. The average molecular weight is 318 g/mol. The standard InChI is InChI=1S/C12H14BrClN2O/c1-7-5-9(13)11(6-10(7)14)16-12(17)15-8-3-2-4-8/h5-6,8H,2-4H2,1H3,(H2,15,16,17). The third kappa shape index (κ3) is 3.13. The lowest BCUT2D eigenvalue weighted by Gasteiger charge is -2.26. The summed E-state index contributed by atoms with van der Waals surface area (Å²) in [6, 6.07) is 3.80. The number of carbonyl (C=O) groups is 1. The highest BCUT2D eigenvalue weighted by molar-refractivity contribution is 9.10. The first kappa shape index (κ1) is 12.7. The van der Waals surface area contributed by atoms with Crippen LogP contribution < -0.4 is 10.6 Å². The van der Waals surface area contributed by atoms with Crippen molar-refractivity contribution < 1.29 is 4.79 Å². The van der Waals surface area contributed by atoms with Crippen molar-refractivity contribution in [1.29, 1.82) is 0 Å². The molecule has 0 saturated heterocycles. The largest absolute Gasteiger partial charge is 0.335 e. The zero-order valence-corrected chi connectivity index (χ0v) is 11.9. The van der Waals surface area contributed by atoms with Gasteiger partial charge >= 0.3 is 6.03 Å². The molecule has 0 atom stereocenters. The molecule has 2 amide bonds. The van der Waals surface area contributed by atoms with Crippen LogP contribution >= 0.6 is 27.5 Å². The van der Waals surface area contributed by atoms with Gasteiger partial charge in [0, 0.05) is 15.5 Å². The molecular weight excluding hydrogens is 304 g/mol. The molecule has 5 heteroatoms. The molecule has 1 fully saturated rings. The molecule has 92 valence electrons. The van der Waals surface area contributed by atoms with Gasteiger partial charge in [-0.25, -0.2) is 4.79 Å². The Morgan fingerprint density at radius 2 is 2.18 bits per heavy atom. The van der Waals surface area contributed by atoms with Gasteiger partial charge in [-0.1, -0.05) is 11.6 Å². The van der Waals surface area contributed by atoms with Crippen molar-refractivity contribution in [2.45, 2.75) is 32.2 Å². The van der Waals surface area contributed by atoms with Crippen LogP contribution in [0.15, 0.2) is 16.6 Å². The van der Waals surface area contributed by atoms with Crippen molar-refractivity contribution in [2.75, 3.05) is 5.32 Å². The molecule has 0 radical (unpaired) electrons. The fourth-order valence-corrected chi connectivity index (χ4v) is 2.36. The van der Waals surface area contributed by atoms with Crippen LogP contribution in [0.4, 0.5) is 10.5 Å². The summed E-state index contributed by atoms with van der Waals surface area (Å²) in [4.78, 5) is 11.7. The van der Waals surface area contributed by atoms with Gasteiger partial charge in [0.15, 0.2) is 0 Å². The Kier molecular flexibility index (Phi) is 3.94. The van der Waals surface area contributed by atoms with E-state index in [-0.39, 0.29) is 6.03 Å². The van der Waals surface area contributed by atoms with Crippen molar-refractivity contribution in [2.24, 2.45) is 0 Å². The monoisotopic (exact) mass is 316 g/mol. The van der Waals surface area contributed by atoms with Crippen molar-refractivity contribution >= 4 is 39.2 Å². The highest BCUT2D eigenvalue weighted by Crippen LogP contribution is 2.29. The fourth-order valence-electron chi connectivity index (χ4n) is 1.64. The highest BCUT2D eigenvalue weighted by atomic mass is 79.9. The molecule has 0 spiro atoms. The number of rotatable bonds is 2. The first-order valence-corrected chi connectivity index (χ1v) is 6.76. The van der Waals surface area contributed by atoms with Crippen LogP contribution in [-0.4, -0.2) is 12.1 Å². The fraction of sp³-hybridized carbons (Fsp3) is 0.417. The SMILES string of the molecule is Cc1cc(Br)c(NC(=O)NC2CCC2)cc1Cl. The van der Waals surface area contributed by atoms with E-state index in [9.17, 15) is 4.79 Å².